The monoisotopic (exact) mass is 406 g/mol. The minimum atomic E-state index is -0.419. The van der Waals surface area contributed by atoms with Crippen LogP contribution in [-0.4, -0.2) is 28.2 Å². The SMILES string of the molecule is COc1cccc(-n2c(SCC(=O)/C(C#N)=C(/C)N)nc3ccccc3c2=O)c1. The van der Waals surface area contributed by atoms with Crippen LogP contribution in [0.1, 0.15) is 6.92 Å². The maximum Gasteiger partial charge on any atom is 0.266 e. The average molecular weight is 406 g/mol. The lowest BCUT2D eigenvalue weighted by molar-refractivity contribution is -0.112. The second kappa shape index (κ2) is 8.63. The Morgan fingerprint density at radius 1 is 1.28 bits per heavy atom. The number of ether oxygens (including phenoxy) is 1. The van der Waals surface area contributed by atoms with Crippen LogP contribution < -0.4 is 16.0 Å². The Kier molecular flexibility index (Phi) is 6.00. The number of ketones is 1. The number of carbonyl (C=O) groups is 1. The first kappa shape index (κ1) is 20.2. The number of allylic oxidation sites excluding steroid dienone is 2. The van der Waals surface area contributed by atoms with Crippen molar-refractivity contribution in [3.05, 3.63) is 70.2 Å². The Bertz CT molecular complexity index is 1220. The Morgan fingerprint density at radius 3 is 2.72 bits per heavy atom. The Hall–Kier alpha value is -3.57. The molecule has 3 aromatic rings. The number of benzene rings is 2. The molecule has 0 amide bonds. The van der Waals surface area contributed by atoms with Gasteiger partial charge in [0.1, 0.15) is 17.4 Å². The lowest BCUT2D eigenvalue weighted by atomic mass is 10.2. The minimum Gasteiger partial charge on any atom is -0.497 e. The van der Waals surface area contributed by atoms with E-state index in [9.17, 15) is 9.59 Å². The molecule has 0 aliphatic rings. The summed E-state index contributed by atoms with van der Waals surface area (Å²) in [4.78, 5) is 30.1. The molecule has 1 heterocycles. The van der Waals surface area contributed by atoms with Crippen LogP contribution in [0.5, 0.6) is 5.75 Å². The number of nitrogens with zero attached hydrogens (tertiary/aromatic N) is 3. The van der Waals surface area contributed by atoms with Crippen molar-refractivity contribution in [1.82, 2.24) is 9.55 Å². The predicted molar refractivity (Wildman–Crippen MR) is 112 cm³/mol. The zero-order valence-electron chi connectivity index (χ0n) is 15.9. The summed E-state index contributed by atoms with van der Waals surface area (Å²) >= 11 is 1.07. The molecule has 2 N–H and O–H groups in total. The van der Waals surface area contributed by atoms with E-state index >= 15 is 0 Å². The fourth-order valence-electron chi connectivity index (χ4n) is 2.76. The second-order valence-electron chi connectivity index (χ2n) is 6.14. The van der Waals surface area contributed by atoms with Crippen LogP contribution in [0, 0.1) is 11.3 Å². The van der Waals surface area contributed by atoms with Crippen molar-refractivity contribution in [2.45, 2.75) is 12.1 Å². The summed E-state index contributed by atoms with van der Waals surface area (Å²) in [6, 6.07) is 15.8. The van der Waals surface area contributed by atoms with Gasteiger partial charge in [-0.1, -0.05) is 30.0 Å². The molecule has 0 unspecified atom stereocenters. The van der Waals surface area contributed by atoms with Crippen LogP contribution in [-0.2, 0) is 4.79 Å². The van der Waals surface area contributed by atoms with Gasteiger partial charge in [0.15, 0.2) is 10.9 Å². The molecule has 0 bridgehead atoms. The van der Waals surface area contributed by atoms with Crippen molar-refractivity contribution in [1.29, 1.82) is 5.26 Å². The standard InChI is InChI=1S/C21H18N4O3S/c1-13(23)17(11-22)19(26)12-29-21-24-18-9-4-3-8-16(18)20(27)25(21)14-6-5-7-15(10-14)28-2/h3-10H,12,23H2,1-2H3/b17-13-. The molecule has 0 aliphatic heterocycles. The van der Waals surface area contributed by atoms with Crippen LogP contribution in [0.2, 0.25) is 0 Å². The number of Topliss-reactive ketones (excluding diaryl/α,β-unsaturated/α-hetero) is 1. The molecule has 29 heavy (non-hydrogen) atoms. The number of para-hydroxylation sites is 1. The zero-order valence-corrected chi connectivity index (χ0v) is 16.7. The van der Waals surface area contributed by atoms with Gasteiger partial charge in [0, 0.05) is 11.8 Å². The summed E-state index contributed by atoms with van der Waals surface area (Å²) < 4.78 is 6.70. The fraction of sp³-hybridized carbons (Fsp3) is 0.143. The van der Waals surface area contributed by atoms with Gasteiger partial charge in [-0.15, -0.1) is 0 Å². The van der Waals surface area contributed by atoms with Gasteiger partial charge < -0.3 is 10.5 Å². The van der Waals surface area contributed by atoms with E-state index in [1.165, 1.54) is 11.5 Å². The lowest BCUT2D eigenvalue weighted by Crippen LogP contribution is -2.22. The van der Waals surface area contributed by atoms with Crippen molar-refractivity contribution in [2.24, 2.45) is 5.73 Å². The normalized spacial score (nSPS) is 11.6. The van der Waals surface area contributed by atoms with E-state index in [4.69, 9.17) is 15.7 Å². The third-order valence-corrected chi connectivity index (χ3v) is 5.11. The van der Waals surface area contributed by atoms with E-state index in [1.807, 2.05) is 6.07 Å². The summed E-state index contributed by atoms with van der Waals surface area (Å²) in [6.07, 6.45) is 0. The lowest BCUT2D eigenvalue weighted by Gasteiger charge is -2.14. The van der Waals surface area contributed by atoms with Gasteiger partial charge in [-0.25, -0.2) is 4.98 Å². The molecule has 0 saturated carbocycles. The number of nitrogens with two attached hydrogens (primary N) is 1. The molecule has 0 spiro atoms. The molecule has 1 aromatic heterocycles. The predicted octanol–water partition coefficient (Wildman–Crippen LogP) is 2.81. The molecular weight excluding hydrogens is 388 g/mol. The summed E-state index contributed by atoms with van der Waals surface area (Å²) in [5.74, 6) is 0.0896. The van der Waals surface area contributed by atoms with Gasteiger partial charge in [0.25, 0.3) is 5.56 Å². The van der Waals surface area contributed by atoms with Crippen molar-refractivity contribution >= 4 is 28.4 Å². The van der Waals surface area contributed by atoms with Crippen molar-refractivity contribution in [2.75, 3.05) is 12.9 Å². The second-order valence-corrected chi connectivity index (χ2v) is 7.08. The molecule has 0 atom stereocenters. The van der Waals surface area contributed by atoms with E-state index in [0.29, 0.717) is 27.5 Å². The van der Waals surface area contributed by atoms with Gasteiger partial charge in [0.05, 0.1) is 29.5 Å². The van der Waals surface area contributed by atoms with Gasteiger partial charge >= 0.3 is 0 Å². The molecule has 0 aliphatic carbocycles. The third kappa shape index (κ3) is 4.15. The van der Waals surface area contributed by atoms with E-state index < -0.39 is 5.78 Å². The van der Waals surface area contributed by atoms with Crippen molar-refractivity contribution in [3.8, 4) is 17.5 Å². The summed E-state index contributed by atoms with van der Waals surface area (Å²) in [5, 5.41) is 9.93. The average Bonchev–Trinajstić information content (AvgIpc) is 2.72. The van der Waals surface area contributed by atoms with E-state index in [1.54, 1.807) is 55.6 Å². The number of rotatable bonds is 6. The Balaban J connectivity index is 2.13. The first-order valence-corrected chi connectivity index (χ1v) is 9.63. The molecule has 3 rings (SSSR count). The minimum absolute atomic E-state index is 0.0772. The van der Waals surface area contributed by atoms with Crippen LogP contribution in [0.15, 0.2) is 69.8 Å². The van der Waals surface area contributed by atoms with E-state index in [0.717, 1.165) is 11.8 Å². The molecule has 0 fully saturated rings. The highest BCUT2D eigenvalue weighted by atomic mass is 32.2. The van der Waals surface area contributed by atoms with Crippen LogP contribution in [0.3, 0.4) is 0 Å². The van der Waals surface area contributed by atoms with Gasteiger partial charge in [0.2, 0.25) is 0 Å². The number of methoxy groups -OCH3 is 1. The molecule has 146 valence electrons. The molecule has 8 heteroatoms. The maximum atomic E-state index is 13.2. The Morgan fingerprint density at radius 2 is 2.03 bits per heavy atom. The smallest absolute Gasteiger partial charge is 0.266 e. The summed E-state index contributed by atoms with van der Waals surface area (Å²) in [5.41, 5.74) is 6.51. The number of aromatic nitrogens is 2. The largest absolute Gasteiger partial charge is 0.497 e. The van der Waals surface area contributed by atoms with Crippen molar-refractivity contribution < 1.29 is 9.53 Å². The van der Waals surface area contributed by atoms with Gasteiger partial charge in [-0.05, 0) is 31.2 Å². The maximum absolute atomic E-state index is 13.2. The topological polar surface area (TPSA) is 111 Å². The quantitative estimate of drug-likeness (QED) is 0.290. The first-order valence-electron chi connectivity index (χ1n) is 8.65. The number of hydrogen-bond donors (Lipinski definition) is 1. The number of nitriles is 1. The molecule has 0 saturated heterocycles. The van der Waals surface area contributed by atoms with Crippen LogP contribution >= 0.6 is 11.8 Å². The Labute approximate surface area is 171 Å². The first-order chi connectivity index (χ1) is 14.0. The molecule has 7 nitrogen and oxygen atoms in total. The third-order valence-electron chi connectivity index (χ3n) is 4.17. The van der Waals surface area contributed by atoms with Gasteiger partial charge in [-0.2, -0.15) is 5.26 Å². The van der Waals surface area contributed by atoms with Crippen molar-refractivity contribution in [3.63, 3.8) is 0 Å². The number of fused-ring (bicyclic) bond motifs is 1. The molecular formula is C21H18N4O3S. The molecule has 2 aromatic carbocycles. The zero-order chi connectivity index (χ0) is 21.0. The van der Waals surface area contributed by atoms with E-state index in [-0.39, 0.29) is 22.6 Å². The van der Waals surface area contributed by atoms with Crippen LogP contribution in [0.25, 0.3) is 16.6 Å². The van der Waals surface area contributed by atoms with E-state index in [2.05, 4.69) is 4.98 Å². The summed E-state index contributed by atoms with van der Waals surface area (Å²) in [6.45, 7) is 1.50. The molecule has 0 radical (unpaired) electrons. The van der Waals surface area contributed by atoms with Gasteiger partial charge in [-0.3, -0.25) is 14.2 Å². The highest BCUT2D eigenvalue weighted by Crippen LogP contribution is 2.24. The fourth-order valence-corrected chi connectivity index (χ4v) is 3.64. The number of thioether (sulfide) groups is 1. The highest BCUT2D eigenvalue weighted by Gasteiger charge is 2.17. The summed E-state index contributed by atoms with van der Waals surface area (Å²) in [7, 11) is 1.54. The highest BCUT2D eigenvalue weighted by molar-refractivity contribution is 7.99. The number of carbonyl (C=O) groups excluding carboxylic acids is 1. The number of hydrogen-bond acceptors (Lipinski definition) is 7. The van der Waals surface area contributed by atoms with Crippen LogP contribution in [0.4, 0.5) is 0 Å².